The maximum absolute atomic E-state index is 15.1. The minimum atomic E-state index is -2.34. The van der Waals surface area contributed by atoms with E-state index in [1.807, 2.05) is 152 Å². The Kier molecular flexibility index (Phi) is 25.4. The van der Waals surface area contributed by atoms with Gasteiger partial charge in [0.15, 0.2) is 18.3 Å². The third-order valence-corrected chi connectivity index (χ3v) is 20.6. The van der Waals surface area contributed by atoms with Crippen molar-refractivity contribution in [2.45, 2.75) is 107 Å². The van der Waals surface area contributed by atoms with Gasteiger partial charge in [-0.2, -0.15) is 38.1 Å². The fraction of sp³-hybridized carbons (Fsp3) is 0.179. The van der Waals surface area contributed by atoms with Crippen molar-refractivity contribution in [1.82, 2.24) is 39.9 Å². The number of ether oxygens (including phenoxy) is 3. The topological polar surface area (TPSA) is 262 Å². The molecule has 0 bridgehead atoms. The zero-order valence-corrected chi connectivity index (χ0v) is 66.4. The SMILES string of the molecule is CC[C@@H](Nc1c(C#N)cnc2c(Cl)cc(N)cc12)c1ccccc1.[2H]C(C#C)(OC(C)=O)c1ccc(F)nc1F.[2H][C@](Cc1cc(Cl)c2ncc(C#N)c(N[C@H](CC)c3ccccc3)c2c1)(c1cn(C2CC2)nn1)c1ccc(F)nc1F.c1ccc([C@H]2OC(c3cccc(C4=N[C@@H](c5ccccc5)[C@@H](c5ccccc5)O4)n3)=N[C@H]2c2ccccc2)cc1. The second-order valence-electron chi connectivity index (χ2n) is 28.1. The fourth-order valence-corrected chi connectivity index (χ4v) is 14.6. The van der Waals surface area contributed by atoms with Gasteiger partial charge in [0.25, 0.3) is 0 Å². The number of aliphatic imine (C=N–C) groups is 2. The van der Waals surface area contributed by atoms with Gasteiger partial charge in [-0.15, -0.1) is 11.5 Å². The smallest absolute Gasteiger partial charge is 0.304 e. The second-order valence-corrected chi connectivity index (χ2v) is 28.9. The van der Waals surface area contributed by atoms with Gasteiger partial charge in [-0.25, -0.2) is 19.7 Å². The predicted octanol–water partition coefficient (Wildman–Crippen LogP) is 21.4. The molecule has 8 aromatic carbocycles. The van der Waals surface area contributed by atoms with Crippen molar-refractivity contribution < 1.29 is 39.3 Å². The molecule has 14 aromatic rings. The van der Waals surface area contributed by atoms with Gasteiger partial charge >= 0.3 is 5.97 Å². The summed E-state index contributed by atoms with van der Waals surface area (Å²) in [5.74, 6) is -4.23. The number of hydrogen-bond acceptors (Lipinski definition) is 18. The number of rotatable bonds is 21. The largest absolute Gasteiger partial charge is 0.465 e. The van der Waals surface area contributed by atoms with E-state index in [2.05, 4.69) is 125 Å². The number of carbonyl (C=O) groups is 1. The van der Waals surface area contributed by atoms with Crippen molar-refractivity contribution >= 4 is 79.8 Å². The number of nitrogen functional groups attached to an aromatic ring is 1. The van der Waals surface area contributed by atoms with Crippen molar-refractivity contribution in [3.8, 4) is 24.5 Å². The van der Waals surface area contributed by atoms with Crippen molar-refractivity contribution in [2.24, 2.45) is 9.98 Å². The molecule has 3 aliphatic rings. The quantitative estimate of drug-likeness (QED) is 0.0198. The van der Waals surface area contributed by atoms with Gasteiger partial charge in [0.1, 0.15) is 35.6 Å². The molecule has 2 aliphatic heterocycles. The molecule has 1 saturated carbocycles. The lowest BCUT2D eigenvalue weighted by Crippen LogP contribution is -2.13. The molecule has 8 heterocycles. The lowest BCUT2D eigenvalue weighted by Gasteiger charge is -2.22. The molecular weight excluding hydrogens is 1560 g/mol. The highest BCUT2D eigenvalue weighted by Crippen LogP contribution is 2.45. The van der Waals surface area contributed by atoms with Crippen LogP contribution in [0.2, 0.25) is 10.0 Å². The number of fused-ring (bicyclic) bond motifs is 2. The van der Waals surface area contributed by atoms with E-state index < -0.39 is 47.3 Å². The van der Waals surface area contributed by atoms with Crippen LogP contribution in [0.5, 0.6) is 0 Å². The van der Waals surface area contributed by atoms with Crippen molar-refractivity contribution in [3.05, 3.63) is 379 Å². The normalized spacial score (nSPS) is 16.8. The highest BCUT2D eigenvalue weighted by molar-refractivity contribution is 6.36. The first-order chi connectivity index (χ1) is 59.2. The number of hydrogen-bond donors (Lipinski definition) is 3. The summed E-state index contributed by atoms with van der Waals surface area (Å²) in [6.07, 6.45) is 10.3. The Morgan fingerprint density at radius 3 is 1.47 bits per heavy atom. The van der Waals surface area contributed by atoms with E-state index in [9.17, 15) is 29.9 Å². The molecule has 4 N–H and O–H groups in total. The Hall–Kier alpha value is -14.2. The van der Waals surface area contributed by atoms with Crippen LogP contribution in [-0.4, -0.2) is 57.7 Å². The summed E-state index contributed by atoms with van der Waals surface area (Å²) in [7, 11) is 0. The molecule has 0 amide bonds. The number of benzene rings is 8. The van der Waals surface area contributed by atoms with Crippen molar-refractivity contribution in [3.63, 3.8) is 0 Å². The third kappa shape index (κ3) is 19.4. The first kappa shape index (κ1) is 79.6. The molecule has 25 heteroatoms. The summed E-state index contributed by atoms with van der Waals surface area (Å²) in [5.41, 5.74) is 17.7. The third-order valence-electron chi connectivity index (χ3n) is 20.0. The highest BCUT2D eigenvalue weighted by atomic mass is 35.5. The number of terminal acetylenes is 1. The maximum Gasteiger partial charge on any atom is 0.304 e. The average Bonchev–Trinajstić information content (AvgIpc) is 0.823. The van der Waals surface area contributed by atoms with Gasteiger partial charge < -0.3 is 30.6 Å². The van der Waals surface area contributed by atoms with Gasteiger partial charge in [-0.1, -0.05) is 236 Å². The van der Waals surface area contributed by atoms with E-state index >= 15 is 4.39 Å². The number of carbonyl (C=O) groups excluding carboxylic acids is 1. The van der Waals surface area contributed by atoms with Crippen LogP contribution in [0.3, 0.4) is 0 Å². The predicted molar refractivity (Wildman–Crippen MR) is 455 cm³/mol. The Bertz CT molecular complexity index is 6190. The molecule has 19 nitrogen and oxygen atoms in total. The summed E-state index contributed by atoms with van der Waals surface area (Å²) in [5, 5.41) is 37.0. The number of nitriles is 2. The Labute approximate surface area is 703 Å². The molecular formula is C95H77Cl2F4N15O4. The van der Waals surface area contributed by atoms with Gasteiger partial charge in [0.05, 0.1) is 74.3 Å². The zero-order valence-electron chi connectivity index (χ0n) is 66.9. The number of nitrogens with one attached hydrogen (secondary N) is 2. The molecule has 6 aromatic heterocycles. The lowest BCUT2D eigenvalue weighted by atomic mass is 9.89. The molecule has 8 atom stereocenters. The molecule has 1 unspecified atom stereocenters. The zero-order chi connectivity index (χ0) is 85.6. The van der Waals surface area contributed by atoms with Gasteiger partial charge in [-0.3, -0.25) is 14.8 Å². The fourth-order valence-electron chi connectivity index (χ4n) is 14.1. The molecule has 120 heavy (non-hydrogen) atoms. The van der Waals surface area contributed by atoms with Crippen LogP contribution in [0.15, 0.2) is 277 Å². The first-order valence-electron chi connectivity index (χ1n) is 39.5. The summed E-state index contributed by atoms with van der Waals surface area (Å²) in [4.78, 5) is 40.7. The van der Waals surface area contributed by atoms with Crippen LogP contribution in [0.25, 0.3) is 21.8 Å². The van der Waals surface area contributed by atoms with E-state index in [4.69, 9.17) is 61.2 Å². The molecule has 0 radical (unpaired) electrons. The van der Waals surface area contributed by atoms with E-state index in [0.29, 0.717) is 83.4 Å². The minimum absolute atomic E-state index is 0.0732. The molecule has 0 saturated heterocycles. The average molecular weight is 1640 g/mol. The van der Waals surface area contributed by atoms with E-state index in [0.717, 1.165) is 89.6 Å². The molecule has 1 aliphatic carbocycles. The maximum atomic E-state index is 15.1. The van der Waals surface area contributed by atoms with Crippen LogP contribution in [0.4, 0.5) is 34.6 Å². The minimum Gasteiger partial charge on any atom is -0.465 e. The van der Waals surface area contributed by atoms with Crippen molar-refractivity contribution in [1.29, 1.82) is 10.5 Å². The monoisotopic (exact) mass is 1640 g/mol. The van der Waals surface area contributed by atoms with Crippen LogP contribution < -0.4 is 16.4 Å². The Morgan fingerprint density at radius 2 is 1.03 bits per heavy atom. The first-order valence-corrected chi connectivity index (χ1v) is 39.3. The number of esters is 1. The molecule has 0 spiro atoms. The lowest BCUT2D eigenvalue weighted by molar-refractivity contribution is -0.144. The standard InChI is InChI=1S/C35H27N3O2.C31H26ClF2N7.C19H17ClN4.C10H7F2NO2/c1-5-14-24(15-6-1)30-32(26-18-9-3-10-19-26)39-34(37-30)28-22-13-23-29(36-28)35-38-31(25-16-7-2-8-17-25)33(40-35)27-20-11-4-12-21-27;1-2-26(19-6-4-3-5-7-19)37-29-20(15-35)16-36-30-24(29)13-18(14-25(30)32)12-23(22-10-11-28(33)38-31(22)34)27-17-41(40-39-27)21-8-9-21;1-2-17(12-6-4-3-5-7-12)24-18-13(10-21)11-23-19-15(18)8-14(22)9-16(19)20;1-3-8(15-6(2)14)7-4-5-9(11)13-10(7)12/h1-23,30-33H;3-7,10-11,13-14,16-17,21,23,26H,2,8-9,12H2,1H3,(H,36,37);3-9,11,17H,2,22H2,1H3,(H,23,24);1,4-5,8H,2H3/t30-,31-,32+,33+;23-,26-;17-;/m011./s1/i;23D;;8D. The van der Waals surface area contributed by atoms with Gasteiger partial charge in [-0.05, 0) is 132 Å². The highest BCUT2D eigenvalue weighted by Gasteiger charge is 2.38. The Balaban J connectivity index is 0.000000141. The summed E-state index contributed by atoms with van der Waals surface area (Å²) in [6, 6.07) is 82.0. The number of nitrogens with zero attached hydrogens (tertiary/aromatic N) is 12. The van der Waals surface area contributed by atoms with Gasteiger partial charge in [0, 0.05) is 54.8 Å². The van der Waals surface area contributed by atoms with Gasteiger partial charge in [0.2, 0.25) is 35.6 Å². The van der Waals surface area contributed by atoms with E-state index in [1.54, 1.807) is 41.3 Å². The van der Waals surface area contributed by atoms with E-state index in [-0.39, 0.29) is 60.1 Å². The van der Waals surface area contributed by atoms with Crippen LogP contribution >= 0.6 is 23.2 Å². The summed E-state index contributed by atoms with van der Waals surface area (Å²) in [6.45, 7) is 5.17. The number of nitrogens with two attached hydrogens (primary N) is 1. The number of pyridine rings is 5. The number of anilines is 3. The van der Waals surface area contributed by atoms with Crippen LogP contribution in [0.1, 0.15) is 182 Å². The summed E-state index contributed by atoms with van der Waals surface area (Å²) >= 11 is 13.0. The van der Waals surface area contributed by atoms with Crippen LogP contribution in [0, 0.1) is 58.8 Å². The summed E-state index contributed by atoms with van der Waals surface area (Å²) < 4.78 is 91.0. The van der Waals surface area contributed by atoms with E-state index in [1.165, 1.54) is 12.3 Å². The molecule has 1 fully saturated rings. The Morgan fingerprint density at radius 1 is 0.592 bits per heavy atom. The number of aromatic nitrogens is 8. The van der Waals surface area contributed by atoms with Crippen LogP contribution in [-0.2, 0) is 25.4 Å². The second kappa shape index (κ2) is 38.3. The molecule has 598 valence electrons. The number of halogens is 6. The molecule has 17 rings (SSSR count). The van der Waals surface area contributed by atoms with Crippen molar-refractivity contribution in [2.75, 3.05) is 16.4 Å².